The van der Waals surface area contributed by atoms with E-state index in [9.17, 15) is 9.59 Å². The summed E-state index contributed by atoms with van der Waals surface area (Å²) in [5, 5.41) is 13.6. The number of halogens is 1. The number of para-hydroxylation sites is 1. The summed E-state index contributed by atoms with van der Waals surface area (Å²) in [4.78, 5) is 27.7. The highest BCUT2D eigenvalue weighted by Crippen LogP contribution is 2.34. The summed E-state index contributed by atoms with van der Waals surface area (Å²) in [5.41, 5.74) is 3.95. The minimum atomic E-state index is -0.469. The quantitative estimate of drug-likeness (QED) is 0.193. The summed E-state index contributed by atoms with van der Waals surface area (Å²) in [6.07, 6.45) is 1.91. The maximum atomic E-state index is 13.0. The number of benzene rings is 3. The van der Waals surface area contributed by atoms with Gasteiger partial charge in [-0.3, -0.25) is 14.2 Å². The van der Waals surface area contributed by atoms with Crippen molar-refractivity contribution >= 4 is 51.6 Å². The van der Waals surface area contributed by atoms with Crippen molar-refractivity contribution < 1.29 is 9.59 Å². The normalized spacial score (nSPS) is 12.0. The van der Waals surface area contributed by atoms with Crippen LogP contribution in [0.4, 0.5) is 5.69 Å². The number of carbonyl (C=O) groups is 2. The number of ketones is 1. The van der Waals surface area contributed by atoms with Gasteiger partial charge in [-0.05, 0) is 68.4 Å². The van der Waals surface area contributed by atoms with Gasteiger partial charge in [0.25, 0.3) is 0 Å². The number of carbonyl (C=O) groups excluding carboxylic acids is 2. The van der Waals surface area contributed by atoms with Gasteiger partial charge in [-0.1, -0.05) is 41.6 Å². The maximum absolute atomic E-state index is 13.0. The highest BCUT2D eigenvalue weighted by molar-refractivity contribution is 8.00. The van der Waals surface area contributed by atoms with Gasteiger partial charge >= 0.3 is 0 Å². The third-order valence-corrected chi connectivity index (χ3v) is 7.05. The number of thioether (sulfide) groups is 1. The van der Waals surface area contributed by atoms with Crippen LogP contribution in [0.3, 0.4) is 0 Å². The molecule has 7 nitrogen and oxygen atoms in total. The van der Waals surface area contributed by atoms with Crippen molar-refractivity contribution in [3.05, 3.63) is 89.6 Å². The van der Waals surface area contributed by atoms with Crippen molar-refractivity contribution in [2.24, 2.45) is 0 Å². The van der Waals surface area contributed by atoms with E-state index in [1.807, 2.05) is 66.2 Å². The van der Waals surface area contributed by atoms with Gasteiger partial charge in [-0.2, -0.15) is 0 Å². The van der Waals surface area contributed by atoms with Crippen LogP contribution in [0.15, 0.2) is 84.1 Å². The summed E-state index contributed by atoms with van der Waals surface area (Å²) in [5.74, 6) is 0.448. The number of nitrogens with zero attached hydrogens (tertiary/aromatic N) is 3. The molecule has 0 saturated heterocycles. The molecule has 9 heteroatoms. The number of hydrogen-bond donors (Lipinski definition) is 2. The van der Waals surface area contributed by atoms with E-state index in [-0.39, 0.29) is 11.7 Å². The van der Waals surface area contributed by atoms with Gasteiger partial charge in [-0.15, -0.1) is 10.2 Å². The predicted molar refractivity (Wildman–Crippen MR) is 144 cm³/mol. The van der Waals surface area contributed by atoms with Gasteiger partial charge in [0.1, 0.15) is 0 Å². The first kappa shape index (κ1) is 23.8. The molecule has 0 fully saturated rings. The van der Waals surface area contributed by atoms with Gasteiger partial charge in [-0.25, -0.2) is 0 Å². The molecule has 0 aliphatic rings. The lowest BCUT2D eigenvalue weighted by Crippen LogP contribution is -2.23. The Labute approximate surface area is 216 Å². The summed E-state index contributed by atoms with van der Waals surface area (Å²) in [6.45, 7) is 3.32. The fourth-order valence-corrected chi connectivity index (χ4v) is 4.84. The molecule has 36 heavy (non-hydrogen) atoms. The molecular formula is C27H22ClN5O2S. The lowest BCUT2D eigenvalue weighted by Gasteiger charge is -2.14. The van der Waals surface area contributed by atoms with E-state index in [2.05, 4.69) is 20.5 Å². The van der Waals surface area contributed by atoms with Crippen LogP contribution in [0.1, 0.15) is 24.2 Å². The van der Waals surface area contributed by atoms with Gasteiger partial charge in [0, 0.05) is 44.6 Å². The average molecular weight is 516 g/mol. The molecule has 2 N–H and O–H groups in total. The second-order valence-corrected chi connectivity index (χ2v) is 9.99. The van der Waals surface area contributed by atoms with E-state index in [1.54, 1.807) is 24.3 Å². The summed E-state index contributed by atoms with van der Waals surface area (Å²) < 4.78 is 1.93. The number of aromatic nitrogens is 4. The first-order valence-electron chi connectivity index (χ1n) is 11.3. The van der Waals surface area contributed by atoms with E-state index in [1.165, 1.54) is 18.7 Å². The van der Waals surface area contributed by atoms with Gasteiger partial charge in [0.2, 0.25) is 5.91 Å². The average Bonchev–Trinajstić information content (AvgIpc) is 3.49. The maximum Gasteiger partial charge on any atom is 0.237 e. The number of anilines is 1. The molecule has 1 atom stereocenters. The topological polar surface area (TPSA) is 92.7 Å². The monoisotopic (exact) mass is 515 g/mol. The number of amides is 1. The zero-order chi connectivity index (χ0) is 25.2. The zero-order valence-corrected chi connectivity index (χ0v) is 21.1. The first-order valence-corrected chi connectivity index (χ1v) is 12.5. The summed E-state index contributed by atoms with van der Waals surface area (Å²) in [7, 11) is 0. The van der Waals surface area contributed by atoms with Gasteiger partial charge < -0.3 is 10.3 Å². The van der Waals surface area contributed by atoms with E-state index >= 15 is 0 Å². The Morgan fingerprint density at radius 1 is 1.00 bits per heavy atom. The highest BCUT2D eigenvalue weighted by Gasteiger charge is 2.23. The molecule has 0 bridgehead atoms. The molecule has 2 aromatic heterocycles. The Kier molecular flexibility index (Phi) is 6.63. The largest absolute Gasteiger partial charge is 0.360 e. The predicted octanol–water partition coefficient (Wildman–Crippen LogP) is 6.39. The smallest absolute Gasteiger partial charge is 0.237 e. The molecule has 0 aliphatic heterocycles. The molecule has 5 rings (SSSR count). The molecule has 5 aromatic rings. The molecule has 1 unspecified atom stereocenters. The van der Waals surface area contributed by atoms with Crippen molar-refractivity contribution in [3.63, 3.8) is 0 Å². The molecule has 1 amide bonds. The fraction of sp³-hybridized carbons (Fsp3) is 0.111. The van der Waals surface area contributed by atoms with Crippen LogP contribution in [0.25, 0.3) is 28.0 Å². The van der Waals surface area contributed by atoms with E-state index < -0.39 is 5.25 Å². The third-order valence-electron chi connectivity index (χ3n) is 5.76. The van der Waals surface area contributed by atoms with Gasteiger partial charge in [0.15, 0.2) is 16.8 Å². The summed E-state index contributed by atoms with van der Waals surface area (Å²) >= 11 is 7.45. The molecular weight excluding hydrogens is 494 g/mol. The Morgan fingerprint density at radius 2 is 1.72 bits per heavy atom. The van der Waals surface area contributed by atoms with Crippen molar-refractivity contribution in [2.45, 2.75) is 24.3 Å². The standard InChI is InChI=1S/C27H22ClN5O2S/c1-16(34)18-7-11-20(12-8-18)30-26(35)17(2)36-27-32-31-25(33(27)21-13-9-19(28)10-14-21)23-15-29-24-6-4-3-5-22(23)24/h3-15,17,29H,1-2H3,(H,30,35). The van der Waals surface area contributed by atoms with Crippen molar-refractivity contribution in [3.8, 4) is 17.1 Å². The fourth-order valence-electron chi connectivity index (χ4n) is 3.84. The second kappa shape index (κ2) is 10.0. The summed E-state index contributed by atoms with van der Waals surface area (Å²) in [6, 6.07) is 22.2. The Balaban J connectivity index is 1.46. The molecule has 180 valence electrons. The third kappa shape index (κ3) is 4.78. The number of H-pyrrole nitrogens is 1. The Bertz CT molecular complexity index is 1560. The van der Waals surface area contributed by atoms with Crippen LogP contribution in [0.5, 0.6) is 0 Å². The van der Waals surface area contributed by atoms with Crippen LogP contribution in [0, 0.1) is 0 Å². The molecule has 0 aliphatic carbocycles. The lowest BCUT2D eigenvalue weighted by atomic mass is 10.1. The van der Waals surface area contributed by atoms with Crippen molar-refractivity contribution in [1.82, 2.24) is 19.7 Å². The van der Waals surface area contributed by atoms with Crippen LogP contribution >= 0.6 is 23.4 Å². The SMILES string of the molecule is CC(=O)c1ccc(NC(=O)C(C)Sc2nnc(-c3c[nH]c4ccccc34)n2-c2ccc(Cl)cc2)cc1. The minimum absolute atomic E-state index is 0.0238. The molecule has 0 spiro atoms. The Morgan fingerprint density at radius 3 is 2.44 bits per heavy atom. The van der Waals surface area contributed by atoms with Gasteiger partial charge in [0.05, 0.1) is 5.25 Å². The van der Waals surface area contributed by atoms with Crippen LogP contribution in [0.2, 0.25) is 5.02 Å². The molecule has 3 aromatic carbocycles. The first-order chi connectivity index (χ1) is 17.4. The van der Waals surface area contributed by atoms with E-state index in [4.69, 9.17) is 11.6 Å². The van der Waals surface area contributed by atoms with Crippen LogP contribution < -0.4 is 5.32 Å². The molecule has 2 heterocycles. The van der Waals surface area contributed by atoms with Crippen molar-refractivity contribution in [1.29, 1.82) is 0 Å². The van der Waals surface area contributed by atoms with Crippen LogP contribution in [-0.4, -0.2) is 36.7 Å². The number of Topliss-reactive ketones (excluding diaryl/α,β-unsaturated/α-hetero) is 1. The number of fused-ring (bicyclic) bond motifs is 1. The highest BCUT2D eigenvalue weighted by atomic mass is 35.5. The van der Waals surface area contributed by atoms with Crippen LogP contribution in [-0.2, 0) is 4.79 Å². The Hall–Kier alpha value is -3.88. The number of aromatic amines is 1. The second-order valence-electron chi connectivity index (χ2n) is 8.25. The zero-order valence-electron chi connectivity index (χ0n) is 19.5. The molecule has 0 radical (unpaired) electrons. The minimum Gasteiger partial charge on any atom is -0.360 e. The van der Waals surface area contributed by atoms with E-state index in [0.717, 1.165) is 22.2 Å². The van der Waals surface area contributed by atoms with Crippen molar-refractivity contribution in [2.75, 3.05) is 5.32 Å². The lowest BCUT2D eigenvalue weighted by molar-refractivity contribution is -0.115. The number of nitrogens with one attached hydrogen (secondary N) is 2. The number of rotatable bonds is 7. The molecule has 0 saturated carbocycles. The van der Waals surface area contributed by atoms with E-state index in [0.29, 0.717) is 27.3 Å². The number of hydrogen-bond acceptors (Lipinski definition) is 5.